The van der Waals surface area contributed by atoms with E-state index >= 15 is 0 Å². The Bertz CT molecular complexity index is 540. The van der Waals surface area contributed by atoms with Gasteiger partial charge in [-0.2, -0.15) is 5.10 Å². The summed E-state index contributed by atoms with van der Waals surface area (Å²) in [5.74, 6) is 0.818. The zero-order valence-corrected chi connectivity index (χ0v) is 13.8. The van der Waals surface area contributed by atoms with Crippen molar-refractivity contribution in [3.63, 3.8) is 0 Å². The molecule has 0 unspecified atom stereocenters. The van der Waals surface area contributed by atoms with Gasteiger partial charge >= 0.3 is 0 Å². The highest BCUT2D eigenvalue weighted by Crippen LogP contribution is 2.50. The quantitative estimate of drug-likeness (QED) is 0.897. The lowest BCUT2D eigenvalue weighted by molar-refractivity contribution is -0.117. The summed E-state index contributed by atoms with van der Waals surface area (Å²) in [4.78, 5) is 14.6. The molecule has 0 bridgehead atoms. The van der Waals surface area contributed by atoms with Gasteiger partial charge in [0.1, 0.15) is 5.82 Å². The van der Waals surface area contributed by atoms with Gasteiger partial charge in [0.05, 0.1) is 26.0 Å². The summed E-state index contributed by atoms with van der Waals surface area (Å²) in [6.45, 7) is 11.3. The Morgan fingerprint density at radius 2 is 2.05 bits per heavy atom. The van der Waals surface area contributed by atoms with E-state index in [0.717, 1.165) is 45.1 Å². The van der Waals surface area contributed by atoms with Crippen molar-refractivity contribution in [1.29, 1.82) is 0 Å². The van der Waals surface area contributed by atoms with Crippen molar-refractivity contribution in [2.24, 2.45) is 10.8 Å². The molecule has 122 valence electrons. The molecular formula is C16H26N4O2. The molecule has 0 radical (unpaired) electrons. The van der Waals surface area contributed by atoms with Gasteiger partial charge in [0.15, 0.2) is 0 Å². The third-order valence-corrected chi connectivity index (χ3v) is 5.23. The molecular weight excluding hydrogens is 280 g/mol. The molecule has 2 saturated heterocycles. The molecule has 2 aliphatic heterocycles. The zero-order chi connectivity index (χ0) is 15.8. The molecule has 0 aliphatic carbocycles. The Hall–Kier alpha value is -1.40. The van der Waals surface area contributed by atoms with E-state index in [1.807, 2.05) is 10.7 Å². The third kappa shape index (κ3) is 2.65. The van der Waals surface area contributed by atoms with Crippen LogP contribution in [0.3, 0.4) is 0 Å². The smallest absolute Gasteiger partial charge is 0.239 e. The van der Waals surface area contributed by atoms with E-state index in [0.29, 0.717) is 6.54 Å². The first-order chi connectivity index (χ1) is 10.5. The first-order valence-corrected chi connectivity index (χ1v) is 8.08. The SMILES string of the molecule is CCCn1nccc1NC(=O)CN1C[C@]2(C)COC[C@]2(C)C1. The lowest BCUT2D eigenvalue weighted by atomic mass is 9.71. The Kier molecular flexibility index (Phi) is 3.99. The van der Waals surface area contributed by atoms with E-state index in [2.05, 4.69) is 36.1 Å². The fourth-order valence-corrected chi connectivity index (χ4v) is 3.69. The minimum atomic E-state index is 0.0333. The number of hydrogen-bond acceptors (Lipinski definition) is 4. The van der Waals surface area contributed by atoms with Crippen LogP contribution in [0.4, 0.5) is 5.82 Å². The van der Waals surface area contributed by atoms with Crippen molar-refractivity contribution in [3.05, 3.63) is 12.3 Å². The van der Waals surface area contributed by atoms with Crippen molar-refractivity contribution in [1.82, 2.24) is 14.7 Å². The monoisotopic (exact) mass is 306 g/mol. The molecule has 0 aromatic carbocycles. The molecule has 0 saturated carbocycles. The van der Waals surface area contributed by atoms with Crippen LogP contribution in [0.25, 0.3) is 0 Å². The number of aromatic nitrogens is 2. The summed E-state index contributed by atoms with van der Waals surface area (Å²) in [5.41, 5.74) is 0.328. The average molecular weight is 306 g/mol. The van der Waals surface area contributed by atoms with E-state index < -0.39 is 0 Å². The van der Waals surface area contributed by atoms with Crippen molar-refractivity contribution in [2.75, 3.05) is 38.2 Å². The topological polar surface area (TPSA) is 59.4 Å². The normalized spacial score (nSPS) is 31.4. The van der Waals surface area contributed by atoms with Crippen LogP contribution in [-0.4, -0.2) is 53.4 Å². The molecule has 0 spiro atoms. The second-order valence-electron chi connectivity index (χ2n) is 7.25. The van der Waals surface area contributed by atoms with E-state index in [1.165, 1.54) is 0 Å². The van der Waals surface area contributed by atoms with Crippen molar-refractivity contribution in [2.45, 2.75) is 33.7 Å². The van der Waals surface area contributed by atoms with Crippen LogP contribution >= 0.6 is 0 Å². The van der Waals surface area contributed by atoms with Crippen LogP contribution in [0, 0.1) is 10.8 Å². The van der Waals surface area contributed by atoms with Crippen LogP contribution in [0.2, 0.25) is 0 Å². The predicted octanol–water partition coefficient (Wildman–Crippen LogP) is 1.59. The molecule has 2 atom stereocenters. The number of hydrogen-bond donors (Lipinski definition) is 1. The lowest BCUT2D eigenvalue weighted by Crippen LogP contribution is -2.34. The Labute approximate surface area is 131 Å². The van der Waals surface area contributed by atoms with Crippen molar-refractivity contribution in [3.8, 4) is 0 Å². The summed E-state index contributed by atoms with van der Waals surface area (Å²) in [7, 11) is 0. The highest BCUT2D eigenvalue weighted by atomic mass is 16.5. The highest BCUT2D eigenvalue weighted by Gasteiger charge is 2.55. The summed E-state index contributed by atoms with van der Waals surface area (Å²) in [5, 5.41) is 7.21. The van der Waals surface area contributed by atoms with Crippen LogP contribution in [-0.2, 0) is 16.1 Å². The summed E-state index contributed by atoms with van der Waals surface area (Å²) in [6.07, 6.45) is 2.72. The van der Waals surface area contributed by atoms with Crippen molar-refractivity contribution < 1.29 is 9.53 Å². The Morgan fingerprint density at radius 3 is 2.68 bits per heavy atom. The fourth-order valence-electron chi connectivity index (χ4n) is 3.69. The molecule has 3 heterocycles. The molecule has 1 amide bonds. The first-order valence-electron chi connectivity index (χ1n) is 8.08. The molecule has 6 heteroatoms. The molecule has 1 N–H and O–H groups in total. The van der Waals surface area contributed by atoms with Gasteiger partial charge in [-0.05, 0) is 6.42 Å². The molecule has 6 nitrogen and oxygen atoms in total. The molecule has 3 rings (SSSR count). The number of nitrogens with one attached hydrogen (secondary N) is 1. The Balaban J connectivity index is 1.58. The van der Waals surface area contributed by atoms with Gasteiger partial charge in [-0.25, -0.2) is 4.68 Å². The number of ether oxygens (including phenoxy) is 1. The number of amides is 1. The summed E-state index contributed by atoms with van der Waals surface area (Å²) >= 11 is 0. The van der Waals surface area contributed by atoms with Crippen molar-refractivity contribution >= 4 is 11.7 Å². The Morgan fingerprint density at radius 1 is 1.36 bits per heavy atom. The number of carbonyl (C=O) groups is 1. The third-order valence-electron chi connectivity index (χ3n) is 5.23. The maximum atomic E-state index is 12.3. The first kappa shape index (κ1) is 15.5. The second-order valence-corrected chi connectivity index (χ2v) is 7.25. The van der Waals surface area contributed by atoms with Crippen LogP contribution in [0.1, 0.15) is 27.2 Å². The number of rotatable bonds is 5. The van der Waals surface area contributed by atoms with Gasteiger partial charge in [-0.15, -0.1) is 0 Å². The lowest BCUT2D eigenvalue weighted by Gasteiger charge is -2.29. The average Bonchev–Trinajstić information content (AvgIpc) is 3.02. The summed E-state index contributed by atoms with van der Waals surface area (Å²) in [6, 6.07) is 1.85. The van der Waals surface area contributed by atoms with Crippen LogP contribution < -0.4 is 5.32 Å². The standard InChI is InChI=1S/C16H26N4O2/c1-4-7-20-13(5-6-17-20)18-14(21)8-19-9-15(2)11-22-12-16(15,3)10-19/h5-6H,4,7-12H2,1-3H3,(H,18,21)/t15-,16+. The van der Waals surface area contributed by atoms with E-state index in [1.54, 1.807) is 6.20 Å². The molecule has 2 aliphatic rings. The molecule has 1 aromatic rings. The predicted molar refractivity (Wildman–Crippen MR) is 84.6 cm³/mol. The number of aryl methyl sites for hydroxylation is 1. The van der Waals surface area contributed by atoms with Crippen LogP contribution in [0.5, 0.6) is 0 Å². The minimum absolute atomic E-state index is 0.0333. The molecule has 2 fully saturated rings. The maximum absolute atomic E-state index is 12.3. The minimum Gasteiger partial charge on any atom is -0.380 e. The second kappa shape index (κ2) is 5.66. The van der Waals surface area contributed by atoms with E-state index in [9.17, 15) is 4.79 Å². The summed E-state index contributed by atoms with van der Waals surface area (Å²) < 4.78 is 7.50. The van der Waals surface area contributed by atoms with E-state index in [4.69, 9.17) is 4.74 Å². The fraction of sp³-hybridized carbons (Fsp3) is 0.750. The number of anilines is 1. The van der Waals surface area contributed by atoms with Gasteiger partial charge in [-0.3, -0.25) is 9.69 Å². The van der Waals surface area contributed by atoms with Gasteiger partial charge in [-0.1, -0.05) is 20.8 Å². The van der Waals surface area contributed by atoms with Gasteiger partial charge in [0.2, 0.25) is 5.91 Å². The van der Waals surface area contributed by atoms with Gasteiger partial charge < -0.3 is 10.1 Å². The zero-order valence-electron chi connectivity index (χ0n) is 13.8. The number of fused-ring (bicyclic) bond motifs is 1. The van der Waals surface area contributed by atoms with Gasteiger partial charge in [0, 0.05) is 36.5 Å². The van der Waals surface area contributed by atoms with Gasteiger partial charge in [0.25, 0.3) is 0 Å². The highest BCUT2D eigenvalue weighted by molar-refractivity contribution is 5.91. The number of likely N-dealkylation sites (tertiary alicyclic amines) is 1. The number of nitrogens with zero attached hydrogens (tertiary/aromatic N) is 3. The molecule has 22 heavy (non-hydrogen) atoms. The van der Waals surface area contributed by atoms with E-state index in [-0.39, 0.29) is 16.7 Å². The van der Waals surface area contributed by atoms with Crippen LogP contribution in [0.15, 0.2) is 12.3 Å². The molecule has 1 aromatic heterocycles. The number of carbonyl (C=O) groups excluding carboxylic acids is 1. The maximum Gasteiger partial charge on any atom is 0.239 e. The largest absolute Gasteiger partial charge is 0.380 e.